The van der Waals surface area contributed by atoms with Crippen molar-refractivity contribution < 1.29 is 24.2 Å². The summed E-state index contributed by atoms with van der Waals surface area (Å²) >= 11 is 0. The Morgan fingerprint density at radius 1 is 1.18 bits per heavy atom. The predicted molar refractivity (Wildman–Crippen MR) is 130 cm³/mol. The molecule has 0 spiro atoms. The predicted octanol–water partition coefficient (Wildman–Crippen LogP) is 4.29. The first-order valence-electron chi connectivity index (χ1n) is 11.1. The molecule has 2 heterocycles. The van der Waals surface area contributed by atoms with Crippen molar-refractivity contribution in [1.82, 2.24) is 0 Å². The summed E-state index contributed by atoms with van der Waals surface area (Å²) in [6.45, 7) is 0.474. The lowest BCUT2D eigenvalue weighted by Gasteiger charge is -2.35. The first-order chi connectivity index (χ1) is 16.4. The molecule has 2 atom stereocenters. The van der Waals surface area contributed by atoms with Gasteiger partial charge in [0.05, 0.1) is 37.6 Å². The molecule has 7 nitrogen and oxygen atoms in total. The van der Waals surface area contributed by atoms with Crippen molar-refractivity contribution in [2.45, 2.75) is 18.6 Å². The molecular formula is C27H26N2O5. The number of anilines is 1. The van der Waals surface area contributed by atoms with Gasteiger partial charge in [-0.25, -0.2) is 0 Å². The Labute approximate surface area is 197 Å². The second-order valence-corrected chi connectivity index (χ2v) is 8.64. The number of rotatable bonds is 6. The minimum Gasteiger partial charge on any atom is -0.481 e. The van der Waals surface area contributed by atoms with Crippen LogP contribution in [0.15, 0.2) is 71.3 Å². The fraction of sp³-hybridized carbons (Fsp3) is 0.222. The molecule has 4 N–H and O–H groups in total. The van der Waals surface area contributed by atoms with Crippen molar-refractivity contribution in [3.8, 4) is 16.9 Å². The maximum absolute atomic E-state index is 11.4. The fourth-order valence-electron chi connectivity index (χ4n) is 4.56. The third-order valence-electron chi connectivity index (χ3n) is 6.30. The summed E-state index contributed by atoms with van der Waals surface area (Å²) in [5.74, 6) is -0.293. The highest BCUT2D eigenvalue weighted by molar-refractivity contribution is 5.93. The highest BCUT2D eigenvalue weighted by Crippen LogP contribution is 2.42. The van der Waals surface area contributed by atoms with E-state index in [9.17, 15) is 15.0 Å². The molecule has 1 aliphatic heterocycles. The molecule has 0 amide bonds. The lowest BCUT2D eigenvalue weighted by molar-refractivity contribution is -0.136. The Morgan fingerprint density at radius 2 is 2.00 bits per heavy atom. The smallest absolute Gasteiger partial charge is 0.307 e. The van der Waals surface area contributed by atoms with Crippen LogP contribution in [0.2, 0.25) is 0 Å². The molecule has 34 heavy (non-hydrogen) atoms. The average molecular weight is 459 g/mol. The van der Waals surface area contributed by atoms with Gasteiger partial charge in [-0.2, -0.15) is 0 Å². The molecule has 0 aliphatic carbocycles. The number of carboxylic acid groups (broad SMARTS) is 1. The lowest BCUT2D eigenvalue weighted by atomic mass is 9.95. The topological polar surface area (TPSA) is 109 Å². The maximum Gasteiger partial charge on any atom is 0.307 e. The number of fused-ring (bicyclic) bond motifs is 2. The van der Waals surface area contributed by atoms with Crippen LogP contribution >= 0.6 is 0 Å². The molecular weight excluding hydrogens is 432 g/mol. The molecule has 1 aromatic heterocycles. The first-order valence-corrected chi connectivity index (χ1v) is 11.1. The van der Waals surface area contributed by atoms with Crippen molar-refractivity contribution in [3.05, 3.63) is 83.6 Å². The van der Waals surface area contributed by atoms with Gasteiger partial charge in [-0.1, -0.05) is 30.3 Å². The van der Waals surface area contributed by atoms with Crippen LogP contribution in [-0.4, -0.2) is 36.4 Å². The van der Waals surface area contributed by atoms with E-state index in [1.807, 2.05) is 49.5 Å². The minimum atomic E-state index is -0.898. The molecule has 0 radical (unpaired) electrons. The Hall–Kier alpha value is -3.81. The summed E-state index contributed by atoms with van der Waals surface area (Å²) in [4.78, 5) is 13.5. The van der Waals surface area contributed by atoms with E-state index in [0.717, 1.165) is 38.9 Å². The van der Waals surface area contributed by atoms with Crippen LogP contribution in [0.1, 0.15) is 28.8 Å². The van der Waals surface area contributed by atoms with Crippen LogP contribution in [0.5, 0.6) is 5.75 Å². The monoisotopic (exact) mass is 458 g/mol. The van der Waals surface area contributed by atoms with Gasteiger partial charge in [0.1, 0.15) is 17.4 Å². The Balaban J connectivity index is 1.58. The third-order valence-corrected chi connectivity index (χ3v) is 6.30. The van der Waals surface area contributed by atoms with E-state index >= 15 is 0 Å². The standard InChI is InChI=1S/C27H26N2O5/c1-29-14-24(34-27-18(13-25(31)32)6-3-7-23(27)29)20-11-19-8-9-33-26(19)21(12-20)16-4-2-5-17(10-16)22(28)15-30/h2-12,22,24,30H,13-15,28H2,1H3,(H,31,32). The summed E-state index contributed by atoms with van der Waals surface area (Å²) < 4.78 is 12.2. The summed E-state index contributed by atoms with van der Waals surface area (Å²) in [6.07, 6.45) is 1.26. The SMILES string of the molecule is CN1CC(c2cc(-c3cccc(C(N)CO)c3)c3occc3c2)Oc2c(CC(=O)O)cccc21. The second-order valence-electron chi connectivity index (χ2n) is 8.64. The number of aliphatic hydroxyl groups is 1. The minimum absolute atomic E-state index is 0.104. The highest BCUT2D eigenvalue weighted by atomic mass is 16.5. The molecule has 7 heteroatoms. The van der Waals surface area contributed by atoms with Crippen molar-refractivity contribution in [1.29, 1.82) is 0 Å². The van der Waals surface area contributed by atoms with E-state index in [1.54, 1.807) is 12.3 Å². The van der Waals surface area contributed by atoms with Crippen LogP contribution in [0.3, 0.4) is 0 Å². The number of para-hydroxylation sites is 1. The molecule has 1 aliphatic rings. The number of ether oxygens (including phenoxy) is 1. The molecule has 0 bridgehead atoms. The zero-order valence-corrected chi connectivity index (χ0v) is 18.8. The van der Waals surface area contributed by atoms with E-state index < -0.39 is 12.0 Å². The molecule has 5 rings (SSSR count). The molecule has 2 unspecified atom stereocenters. The van der Waals surface area contributed by atoms with E-state index in [2.05, 4.69) is 17.0 Å². The van der Waals surface area contributed by atoms with E-state index in [0.29, 0.717) is 17.9 Å². The summed E-state index contributed by atoms with van der Waals surface area (Å²) in [5.41, 5.74) is 12.0. The number of nitrogens with zero attached hydrogens (tertiary/aromatic N) is 1. The van der Waals surface area contributed by atoms with Crippen molar-refractivity contribution in [2.75, 3.05) is 25.1 Å². The number of aliphatic hydroxyl groups excluding tert-OH is 1. The normalized spacial score (nSPS) is 16.2. The molecule has 0 fully saturated rings. The lowest BCUT2D eigenvalue weighted by Crippen LogP contribution is -2.32. The quantitative estimate of drug-likeness (QED) is 0.395. The number of likely N-dealkylation sites (N-methyl/N-ethyl adjacent to an activating group) is 1. The largest absolute Gasteiger partial charge is 0.481 e. The number of benzene rings is 3. The van der Waals surface area contributed by atoms with Crippen LogP contribution in [-0.2, 0) is 11.2 Å². The number of carbonyl (C=O) groups is 1. The van der Waals surface area contributed by atoms with Crippen molar-refractivity contribution in [2.24, 2.45) is 5.73 Å². The molecule has 3 aromatic carbocycles. The second kappa shape index (κ2) is 8.85. The van der Waals surface area contributed by atoms with Gasteiger partial charge in [0.2, 0.25) is 0 Å². The number of hydrogen-bond donors (Lipinski definition) is 3. The summed E-state index contributed by atoms with van der Waals surface area (Å²) in [5, 5.41) is 19.8. The van der Waals surface area contributed by atoms with Crippen LogP contribution in [0.25, 0.3) is 22.1 Å². The molecule has 0 saturated heterocycles. The number of furan rings is 1. The van der Waals surface area contributed by atoms with Gasteiger partial charge in [-0.15, -0.1) is 0 Å². The van der Waals surface area contributed by atoms with Gasteiger partial charge < -0.3 is 30.0 Å². The fourth-order valence-corrected chi connectivity index (χ4v) is 4.56. The molecule has 0 saturated carbocycles. The van der Waals surface area contributed by atoms with Gasteiger partial charge in [0.15, 0.2) is 0 Å². The summed E-state index contributed by atoms with van der Waals surface area (Å²) in [7, 11) is 1.98. The van der Waals surface area contributed by atoms with E-state index in [1.165, 1.54) is 0 Å². The number of carboxylic acids is 1. The van der Waals surface area contributed by atoms with Crippen molar-refractivity contribution >= 4 is 22.6 Å². The Bertz CT molecular complexity index is 1360. The Morgan fingerprint density at radius 3 is 2.79 bits per heavy atom. The number of aliphatic carboxylic acids is 1. The summed E-state index contributed by atoms with van der Waals surface area (Å²) in [6, 6.07) is 18.9. The zero-order valence-electron chi connectivity index (χ0n) is 18.8. The highest BCUT2D eigenvalue weighted by Gasteiger charge is 2.28. The van der Waals surface area contributed by atoms with Gasteiger partial charge >= 0.3 is 5.97 Å². The first kappa shape index (κ1) is 22.0. The molecule has 4 aromatic rings. The Kier molecular flexibility index (Phi) is 5.73. The molecule has 174 valence electrons. The van der Waals surface area contributed by atoms with Gasteiger partial charge in [0, 0.05) is 23.6 Å². The zero-order chi connectivity index (χ0) is 23.8. The number of hydrogen-bond acceptors (Lipinski definition) is 6. The third kappa shape index (κ3) is 4.00. The number of nitrogens with two attached hydrogens (primary N) is 1. The van der Waals surface area contributed by atoms with Crippen LogP contribution in [0, 0.1) is 0 Å². The van der Waals surface area contributed by atoms with E-state index in [-0.39, 0.29) is 19.1 Å². The van der Waals surface area contributed by atoms with Gasteiger partial charge in [0.25, 0.3) is 0 Å². The van der Waals surface area contributed by atoms with Gasteiger partial charge in [-0.05, 0) is 47.0 Å². The maximum atomic E-state index is 11.4. The van der Waals surface area contributed by atoms with Crippen molar-refractivity contribution in [3.63, 3.8) is 0 Å². The van der Waals surface area contributed by atoms with Gasteiger partial charge in [-0.3, -0.25) is 4.79 Å². The van der Waals surface area contributed by atoms with E-state index in [4.69, 9.17) is 14.9 Å². The average Bonchev–Trinajstić information content (AvgIpc) is 3.32. The van der Waals surface area contributed by atoms with Crippen LogP contribution in [0.4, 0.5) is 5.69 Å². The van der Waals surface area contributed by atoms with Crippen LogP contribution < -0.4 is 15.4 Å².